The van der Waals surface area contributed by atoms with E-state index in [-0.39, 0.29) is 5.91 Å². The van der Waals surface area contributed by atoms with Gasteiger partial charge in [-0.1, -0.05) is 18.2 Å². The summed E-state index contributed by atoms with van der Waals surface area (Å²) >= 11 is 4.68. The molecule has 22 heavy (non-hydrogen) atoms. The van der Waals surface area contributed by atoms with Crippen molar-refractivity contribution in [2.75, 3.05) is 0 Å². The minimum Gasteiger partial charge on any atom is -0.266 e. The smallest absolute Gasteiger partial charge is 0.266 e. The fourth-order valence-corrected chi connectivity index (χ4v) is 3.06. The number of aromatic nitrogens is 2. The van der Waals surface area contributed by atoms with E-state index < -0.39 is 0 Å². The first-order valence-electron chi connectivity index (χ1n) is 6.41. The van der Waals surface area contributed by atoms with Gasteiger partial charge in [-0.3, -0.25) is 4.79 Å². The Labute approximate surface area is 139 Å². The molecule has 1 N–H and O–H groups in total. The van der Waals surface area contributed by atoms with Crippen LogP contribution in [0.15, 0.2) is 63.7 Å². The summed E-state index contributed by atoms with van der Waals surface area (Å²) in [4.78, 5) is 12.4. The van der Waals surface area contributed by atoms with Gasteiger partial charge in [-0.15, -0.1) is 11.3 Å². The number of amides is 1. The van der Waals surface area contributed by atoms with Gasteiger partial charge in [0.25, 0.3) is 5.91 Å². The fourth-order valence-electron chi connectivity index (χ4n) is 1.78. The highest BCUT2D eigenvalue weighted by molar-refractivity contribution is 9.11. The van der Waals surface area contributed by atoms with Crippen molar-refractivity contribution in [3.63, 3.8) is 0 Å². The first kappa shape index (κ1) is 14.7. The Bertz CT molecular complexity index is 810. The van der Waals surface area contributed by atoms with E-state index in [1.807, 2.05) is 42.6 Å². The molecular weight excluding hydrogens is 364 g/mol. The maximum absolute atomic E-state index is 11.8. The summed E-state index contributed by atoms with van der Waals surface area (Å²) in [5.41, 5.74) is 4.26. The molecule has 3 rings (SSSR count). The summed E-state index contributed by atoms with van der Waals surface area (Å²) in [6.07, 6.45) is 5.09. The van der Waals surface area contributed by atoms with Gasteiger partial charge in [0.15, 0.2) is 0 Å². The van der Waals surface area contributed by atoms with Crippen molar-refractivity contribution in [1.82, 2.24) is 15.2 Å². The number of carbonyl (C=O) groups is 1. The third-order valence-electron chi connectivity index (χ3n) is 2.80. The van der Waals surface area contributed by atoms with Crippen molar-refractivity contribution in [3.8, 4) is 5.69 Å². The third-order valence-corrected chi connectivity index (χ3v) is 4.42. The molecule has 0 aliphatic rings. The molecule has 2 aromatic heterocycles. The van der Waals surface area contributed by atoms with E-state index in [0.717, 1.165) is 15.0 Å². The molecule has 0 radical (unpaired) electrons. The zero-order valence-electron chi connectivity index (χ0n) is 11.3. The van der Waals surface area contributed by atoms with Gasteiger partial charge in [0.05, 0.1) is 26.8 Å². The van der Waals surface area contributed by atoms with Crippen LogP contribution in [0.4, 0.5) is 0 Å². The topological polar surface area (TPSA) is 59.3 Å². The van der Waals surface area contributed by atoms with E-state index in [9.17, 15) is 4.79 Å². The predicted octanol–water partition coefficient (Wildman–Crippen LogP) is 3.46. The van der Waals surface area contributed by atoms with Crippen LogP contribution in [0.1, 0.15) is 15.2 Å². The van der Waals surface area contributed by atoms with Crippen LogP contribution < -0.4 is 5.43 Å². The maximum atomic E-state index is 11.8. The Hall–Kier alpha value is -2.25. The summed E-state index contributed by atoms with van der Waals surface area (Å²) in [5, 5.41) is 8.20. The van der Waals surface area contributed by atoms with Crippen molar-refractivity contribution in [2.45, 2.75) is 0 Å². The van der Waals surface area contributed by atoms with Gasteiger partial charge in [-0.25, -0.2) is 10.1 Å². The molecule has 0 fully saturated rings. The number of nitrogens with zero attached hydrogens (tertiary/aromatic N) is 3. The molecular formula is C15H11BrN4OS. The van der Waals surface area contributed by atoms with E-state index in [2.05, 4.69) is 31.6 Å². The second-order valence-electron chi connectivity index (χ2n) is 4.36. The minimum atomic E-state index is -0.234. The minimum absolute atomic E-state index is 0.234. The normalized spacial score (nSPS) is 11.0. The van der Waals surface area contributed by atoms with Crippen molar-refractivity contribution in [1.29, 1.82) is 0 Å². The van der Waals surface area contributed by atoms with Crippen LogP contribution in [-0.2, 0) is 0 Å². The number of thiophene rings is 1. The van der Waals surface area contributed by atoms with Crippen LogP contribution >= 0.6 is 27.3 Å². The van der Waals surface area contributed by atoms with Gasteiger partial charge >= 0.3 is 0 Å². The van der Waals surface area contributed by atoms with E-state index in [0.29, 0.717) is 4.88 Å². The summed E-state index contributed by atoms with van der Waals surface area (Å²) in [7, 11) is 0. The number of rotatable bonds is 4. The number of hydrogen-bond acceptors (Lipinski definition) is 4. The number of carbonyl (C=O) groups excluding carboxylic acids is 1. The van der Waals surface area contributed by atoms with Crippen molar-refractivity contribution >= 4 is 39.4 Å². The average Bonchev–Trinajstić information content (AvgIpc) is 3.17. The fraction of sp³-hybridized carbons (Fsp3) is 0. The molecule has 0 saturated carbocycles. The van der Waals surface area contributed by atoms with Gasteiger partial charge < -0.3 is 0 Å². The van der Waals surface area contributed by atoms with Crippen molar-refractivity contribution < 1.29 is 4.79 Å². The second-order valence-corrected chi connectivity index (χ2v) is 6.82. The number of hydrazone groups is 1. The molecule has 5 nitrogen and oxygen atoms in total. The molecule has 7 heteroatoms. The van der Waals surface area contributed by atoms with Gasteiger partial charge in [0.2, 0.25) is 0 Å². The van der Waals surface area contributed by atoms with Crippen LogP contribution in [0.3, 0.4) is 0 Å². The lowest BCUT2D eigenvalue weighted by Gasteiger charge is -1.98. The number of para-hydroxylation sites is 1. The highest BCUT2D eigenvalue weighted by Crippen LogP contribution is 2.21. The molecule has 0 bridgehead atoms. The molecule has 1 amide bonds. The standard InChI is InChI=1S/C15H11BrN4OS/c16-14-7-6-13(22-14)15(21)19-17-8-11-9-18-20(10-11)12-4-2-1-3-5-12/h1-10H,(H,19,21)/b17-8-. The lowest BCUT2D eigenvalue weighted by Crippen LogP contribution is -2.15. The average molecular weight is 375 g/mol. The number of hydrogen-bond donors (Lipinski definition) is 1. The Morgan fingerprint density at radius 2 is 2.09 bits per heavy atom. The summed E-state index contributed by atoms with van der Waals surface area (Å²) < 4.78 is 2.66. The largest absolute Gasteiger partial charge is 0.281 e. The number of halogens is 1. The van der Waals surface area contributed by atoms with Gasteiger partial charge in [-0.2, -0.15) is 10.2 Å². The van der Waals surface area contributed by atoms with Gasteiger partial charge in [0, 0.05) is 11.8 Å². The third kappa shape index (κ3) is 3.49. The Morgan fingerprint density at radius 1 is 1.27 bits per heavy atom. The SMILES string of the molecule is O=C(N/N=C\c1cnn(-c2ccccc2)c1)c1ccc(Br)s1. The lowest BCUT2D eigenvalue weighted by atomic mass is 10.3. The van der Waals surface area contributed by atoms with E-state index in [1.165, 1.54) is 11.3 Å². The first-order valence-corrected chi connectivity index (χ1v) is 8.02. The van der Waals surface area contributed by atoms with Crippen molar-refractivity contribution in [3.05, 3.63) is 69.1 Å². The van der Waals surface area contributed by atoms with E-state index in [4.69, 9.17) is 0 Å². The molecule has 110 valence electrons. The molecule has 0 spiro atoms. The zero-order chi connectivity index (χ0) is 15.4. The van der Waals surface area contributed by atoms with Crippen LogP contribution in [0.2, 0.25) is 0 Å². The Kier molecular flexibility index (Phi) is 4.45. The monoisotopic (exact) mass is 374 g/mol. The summed E-state index contributed by atoms with van der Waals surface area (Å²) in [6.45, 7) is 0. The quantitative estimate of drug-likeness (QED) is 0.561. The Balaban J connectivity index is 1.64. The molecule has 0 aliphatic heterocycles. The molecule has 0 aliphatic carbocycles. The van der Waals surface area contributed by atoms with Gasteiger partial charge in [0.1, 0.15) is 0 Å². The number of nitrogens with one attached hydrogen (secondary N) is 1. The summed E-state index contributed by atoms with van der Waals surface area (Å²) in [5.74, 6) is -0.234. The van der Waals surface area contributed by atoms with Crippen LogP contribution in [-0.4, -0.2) is 21.9 Å². The molecule has 0 saturated heterocycles. The predicted molar refractivity (Wildman–Crippen MR) is 90.6 cm³/mol. The molecule has 0 unspecified atom stereocenters. The Morgan fingerprint density at radius 3 is 2.82 bits per heavy atom. The highest BCUT2D eigenvalue weighted by Gasteiger charge is 2.06. The summed E-state index contributed by atoms with van der Waals surface area (Å²) in [6, 6.07) is 13.3. The molecule has 3 aromatic rings. The second kappa shape index (κ2) is 6.67. The molecule has 0 atom stereocenters. The maximum Gasteiger partial charge on any atom is 0.281 e. The van der Waals surface area contributed by atoms with Crippen molar-refractivity contribution in [2.24, 2.45) is 5.10 Å². The lowest BCUT2D eigenvalue weighted by molar-refractivity contribution is 0.0959. The first-order chi connectivity index (χ1) is 10.7. The van der Waals surface area contributed by atoms with Gasteiger partial charge in [-0.05, 0) is 40.2 Å². The molecule has 1 aromatic carbocycles. The highest BCUT2D eigenvalue weighted by atomic mass is 79.9. The van der Waals surface area contributed by atoms with E-state index in [1.54, 1.807) is 23.2 Å². The zero-order valence-corrected chi connectivity index (χ0v) is 13.7. The molecule has 2 heterocycles. The van der Waals surface area contributed by atoms with Crippen LogP contribution in [0.25, 0.3) is 5.69 Å². The van der Waals surface area contributed by atoms with Crippen LogP contribution in [0.5, 0.6) is 0 Å². The number of benzene rings is 1. The van der Waals surface area contributed by atoms with Crippen LogP contribution in [0, 0.1) is 0 Å². The van der Waals surface area contributed by atoms with E-state index >= 15 is 0 Å².